The Kier molecular flexibility index (Phi) is 6.69. The normalized spacial score (nSPS) is 14.3. The van der Waals surface area contributed by atoms with Gasteiger partial charge in [0.1, 0.15) is 5.58 Å². The average Bonchev–Trinajstić information content (AvgIpc) is 2.79. The molecular weight excluding hydrogens is 404 g/mol. The van der Waals surface area contributed by atoms with Gasteiger partial charge in [0.25, 0.3) is 0 Å². The summed E-state index contributed by atoms with van der Waals surface area (Å²) in [6, 6.07) is 14.4. The predicted molar refractivity (Wildman–Crippen MR) is 126 cm³/mol. The lowest BCUT2D eigenvalue weighted by molar-refractivity contribution is -0.120. The first-order valence-corrected chi connectivity index (χ1v) is 11.2. The highest BCUT2D eigenvalue weighted by atomic mass is 16.4. The van der Waals surface area contributed by atoms with E-state index in [1.165, 1.54) is 12.5 Å². The Labute approximate surface area is 187 Å². The van der Waals surface area contributed by atoms with Crippen LogP contribution in [-0.4, -0.2) is 11.8 Å². The SMILES string of the molecule is Cc1cc(=O)oc2cc(NC(=O)CCc3ccc(NC(=O)C4CCCCC4)cc3)ccc12. The van der Waals surface area contributed by atoms with E-state index in [9.17, 15) is 14.4 Å². The molecule has 4 rings (SSSR count). The van der Waals surface area contributed by atoms with Gasteiger partial charge in [-0.2, -0.15) is 0 Å². The van der Waals surface area contributed by atoms with Crippen LogP contribution in [0.4, 0.5) is 11.4 Å². The molecule has 2 N–H and O–H groups in total. The zero-order valence-corrected chi connectivity index (χ0v) is 18.3. The quantitative estimate of drug-likeness (QED) is 0.525. The van der Waals surface area contributed by atoms with E-state index in [-0.39, 0.29) is 17.7 Å². The van der Waals surface area contributed by atoms with Gasteiger partial charge in [-0.15, -0.1) is 0 Å². The van der Waals surface area contributed by atoms with Crippen molar-refractivity contribution in [1.82, 2.24) is 0 Å². The molecule has 1 aromatic heterocycles. The summed E-state index contributed by atoms with van der Waals surface area (Å²) in [5.74, 6) is 0.117. The predicted octanol–water partition coefficient (Wildman–Crippen LogP) is 5.19. The maximum Gasteiger partial charge on any atom is 0.336 e. The molecule has 0 saturated heterocycles. The van der Waals surface area contributed by atoms with Gasteiger partial charge in [0.05, 0.1) is 0 Å². The molecule has 32 heavy (non-hydrogen) atoms. The van der Waals surface area contributed by atoms with E-state index in [1.807, 2.05) is 37.3 Å². The standard InChI is InChI=1S/C26H28N2O4/c1-17-15-25(30)32-23-16-21(12-13-22(17)23)27-24(29)14-9-18-7-10-20(11-8-18)28-26(31)19-5-3-2-4-6-19/h7-8,10-13,15-16,19H,2-6,9,14H2,1H3,(H,27,29)(H,28,31). The number of aryl methyl sites for hydroxylation is 2. The van der Waals surface area contributed by atoms with Gasteiger partial charge in [-0.05, 0) is 61.6 Å². The van der Waals surface area contributed by atoms with Crippen LogP contribution in [0.2, 0.25) is 0 Å². The fourth-order valence-electron chi connectivity index (χ4n) is 4.25. The molecule has 6 nitrogen and oxygen atoms in total. The molecule has 6 heteroatoms. The average molecular weight is 433 g/mol. The number of rotatable bonds is 6. The van der Waals surface area contributed by atoms with Crippen LogP contribution in [0.15, 0.2) is 57.7 Å². The molecule has 1 aliphatic rings. The molecule has 0 radical (unpaired) electrons. The van der Waals surface area contributed by atoms with Crippen LogP contribution in [0.5, 0.6) is 0 Å². The number of carbonyl (C=O) groups is 2. The van der Waals surface area contributed by atoms with Crippen LogP contribution < -0.4 is 16.3 Å². The van der Waals surface area contributed by atoms with Crippen LogP contribution in [-0.2, 0) is 16.0 Å². The fraction of sp³-hybridized carbons (Fsp3) is 0.346. The summed E-state index contributed by atoms with van der Waals surface area (Å²) in [6.07, 6.45) is 6.35. The number of hydrogen-bond acceptors (Lipinski definition) is 4. The summed E-state index contributed by atoms with van der Waals surface area (Å²) >= 11 is 0. The van der Waals surface area contributed by atoms with E-state index in [4.69, 9.17) is 4.42 Å². The summed E-state index contributed by atoms with van der Waals surface area (Å²) < 4.78 is 5.23. The van der Waals surface area contributed by atoms with Crippen molar-refractivity contribution in [2.24, 2.45) is 5.92 Å². The second-order valence-corrected chi connectivity index (χ2v) is 8.53. The highest BCUT2D eigenvalue weighted by molar-refractivity contribution is 5.94. The minimum atomic E-state index is -0.406. The lowest BCUT2D eigenvalue weighted by Crippen LogP contribution is -2.24. The zero-order valence-electron chi connectivity index (χ0n) is 18.3. The summed E-state index contributed by atoms with van der Waals surface area (Å²) in [4.78, 5) is 36.3. The number of nitrogens with one attached hydrogen (secondary N) is 2. The summed E-state index contributed by atoms with van der Waals surface area (Å²) in [6.45, 7) is 1.85. The molecule has 1 heterocycles. The number of hydrogen-bond donors (Lipinski definition) is 2. The number of benzene rings is 2. The van der Waals surface area contributed by atoms with Gasteiger partial charge in [0.2, 0.25) is 11.8 Å². The lowest BCUT2D eigenvalue weighted by atomic mass is 9.88. The molecule has 0 bridgehead atoms. The van der Waals surface area contributed by atoms with Crippen molar-refractivity contribution in [2.75, 3.05) is 10.6 Å². The van der Waals surface area contributed by atoms with Crippen LogP contribution >= 0.6 is 0 Å². The minimum absolute atomic E-state index is 0.109. The van der Waals surface area contributed by atoms with Gasteiger partial charge < -0.3 is 15.1 Å². The maximum atomic E-state index is 12.4. The van der Waals surface area contributed by atoms with Crippen LogP contribution in [0.1, 0.15) is 49.7 Å². The Morgan fingerprint density at radius 2 is 1.66 bits per heavy atom. The molecule has 2 amide bonds. The van der Waals surface area contributed by atoms with Crippen molar-refractivity contribution in [3.63, 3.8) is 0 Å². The van der Waals surface area contributed by atoms with Gasteiger partial charge in [-0.3, -0.25) is 9.59 Å². The first-order valence-electron chi connectivity index (χ1n) is 11.2. The first-order chi connectivity index (χ1) is 15.5. The van der Waals surface area contributed by atoms with Crippen molar-refractivity contribution < 1.29 is 14.0 Å². The second-order valence-electron chi connectivity index (χ2n) is 8.53. The van der Waals surface area contributed by atoms with Gasteiger partial charge in [0.15, 0.2) is 0 Å². The topological polar surface area (TPSA) is 88.4 Å². The van der Waals surface area contributed by atoms with Crippen molar-refractivity contribution in [3.05, 3.63) is 70.1 Å². The van der Waals surface area contributed by atoms with Crippen LogP contribution in [0.3, 0.4) is 0 Å². The summed E-state index contributed by atoms with van der Waals surface area (Å²) in [5, 5.41) is 6.71. The lowest BCUT2D eigenvalue weighted by Gasteiger charge is -2.20. The molecule has 0 spiro atoms. The fourth-order valence-corrected chi connectivity index (χ4v) is 4.25. The second kappa shape index (κ2) is 9.81. The van der Waals surface area contributed by atoms with Crippen molar-refractivity contribution >= 4 is 34.2 Å². The zero-order chi connectivity index (χ0) is 22.5. The third-order valence-corrected chi connectivity index (χ3v) is 6.07. The number of fused-ring (bicyclic) bond motifs is 1. The van der Waals surface area contributed by atoms with Crippen molar-refractivity contribution in [3.8, 4) is 0 Å². The Balaban J connectivity index is 1.29. The number of anilines is 2. The number of amides is 2. The number of carbonyl (C=O) groups excluding carboxylic acids is 2. The van der Waals surface area contributed by atoms with E-state index in [0.29, 0.717) is 24.1 Å². The van der Waals surface area contributed by atoms with Crippen molar-refractivity contribution in [1.29, 1.82) is 0 Å². The van der Waals surface area contributed by atoms with Crippen LogP contribution in [0.25, 0.3) is 11.0 Å². The molecule has 3 aromatic rings. The van der Waals surface area contributed by atoms with Crippen molar-refractivity contribution in [2.45, 2.75) is 51.9 Å². The Morgan fingerprint density at radius 3 is 2.41 bits per heavy atom. The Morgan fingerprint density at radius 1 is 0.938 bits per heavy atom. The van der Waals surface area contributed by atoms with E-state index in [0.717, 1.165) is 47.9 Å². The highest BCUT2D eigenvalue weighted by Gasteiger charge is 2.20. The van der Waals surface area contributed by atoms with Crippen LogP contribution in [0, 0.1) is 12.8 Å². The maximum absolute atomic E-state index is 12.4. The first kappa shape index (κ1) is 21.8. The third-order valence-electron chi connectivity index (χ3n) is 6.07. The van der Waals surface area contributed by atoms with E-state index >= 15 is 0 Å². The molecule has 0 aliphatic heterocycles. The van der Waals surface area contributed by atoms with Gasteiger partial charge >= 0.3 is 5.63 Å². The molecule has 1 saturated carbocycles. The Bertz CT molecular complexity index is 1170. The molecule has 2 aromatic carbocycles. The van der Waals surface area contributed by atoms with E-state index in [2.05, 4.69) is 10.6 Å². The molecule has 0 atom stereocenters. The van der Waals surface area contributed by atoms with Gasteiger partial charge in [0, 0.05) is 41.2 Å². The largest absolute Gasteiger partial charge is 0.423 e. The molecule has 166 valence electrons. The molecular formula is C26H28N2O4. The summed E-state index contributed by atoms with van der Waals surface area (Å²) in [7, 11) is 0. The van der Waals surface area contributed by atoms with E-state index in [1.54, 1.807) is 12.1 Å². The van der Waals surface area contributed by atoms with Gasteiger partial charge in [-0.25, -0.2) is 4.79 Å². The monoisotopic (exact) mass is 432 g/mol. The summed E-state index contributed by atoms with van der Waals surface area (Å²) in [5.41, 5.74) is 3.30. The molecule has 1 fully saturated rings. The molecule has 0 unspecified atom stereocenters. The highest BCUT2D eigenvalue weighted by Crippen LogP contribution is 2.25. The van der Waals surface area contributed by atoms with Gasteiger partial charge in [-0.1, -0.05) is 31.4 Å². The smallest absolute Gasteiger partial charge is 0.336 e. The third kappa shape index (κ3) is 5.44. The Hall–Kier alpha value is -3.41. The minimum Gasteiger partial charge on any atom is -0.423 e. The van der Waals surface area contributed by atoms with E-state index < -0.39 is 5.63 Å². The molecule has 1 aliphatic carbocycles.